The minimum atomic E-state index is -0.173. The number of nitrogens with zero attached hydrogens (tertiary/aromatic N) is 2. The SMILES string of the molecule is Cc1nc(NCCc2ccccc2F)c2c(-c3ccccc3)cccc2n1. The molecule has 0 aliphatic carbocycles. The van der Waals surface area contributed by atoms with Gasteiger partial charge in [0.1, 0.15) is 17.5 Å². The van der Waals surface area contributed by atoms with Gasteiger partial charge in [-0.25, -0.2) is 14.4 Å². The van der Waals surface area contributed by atoms with Crippen LogP contribution < -0.4 is 5.32 Å². The summed E-state index contributed by atoms with van der Waals surface area (Å²) in [5, 5.41) is 4.39. The van der Waals surface area contributed by atoms with E-state index in [1.807, 2.05) is 49.4 Å². The maximum atomic E-state index is 13.9. The normalized spacial score (nSPS) is 10.9. The third-order valence-electron chi connectivity index (χ3n) is 4.56. The lowest BCUT2D eigenvalue weighted by Gasteiger charge is -2.13. The molecule has 0 unspecified atom stereocenters. The van der Waals surface area contributed by atoms with Crippen molar-refractivity contribution in [1.29, 1.82) is 0 Å². The monoisotopic (exact) mass is 357 g/mol. The Labute approximate surface area is 157 Å². The van der Waals surface area contributed by atoms with E-state index in [0.717, 1.165) is 27.8 Å². The standard InChI is InChI=1S/C23H20FN3/c1-16-26-21-13-7-11-19(17-8-3-2-4-9-17)22(21)23(27-16)25-15-14-18-10-5-6-12-20(18)24/h2-13H,14-15H2,1H3,(H,25,26,27). The molecule has 1 aromatic heterocycles. The first kappa shape index (κ1) is 17.2. The lowest BCUT2D eigenvalue weighted by atomic mass is 10.0. The van der Waals surface area contributed by atoms with Gasteiger partial charge in [-0.2, -0.15) is 0 Å². The summed E-state index contributed by atoms with van der Waals surface area (Å²) in [6.07, 6.45) is 0.588. The number of aryl methyl sites for hydroxylation is 1. The van der Waals surface area contributed by atoms with Crippen molar-refractivity contribution in [3.63, 3.8) is 0 Å². The quantitative estimate of drug-likeness (QED) is 0.520. The largest absolute Gasteiger partial charge is 0.369 e. The van der Waals surface area contributed by atoms with Crippen LogP contribution >= 0.6 is 0 Å². The van der Waals surface area contributed by atoms with Crippen molar-refractivity contribution in [3.05, 3.63) is 90.0 Å². The van der Waals surface area contributed by atoms with Crippen molar-refractivity contribution in [1.82, 2.24) is 9.97 Å². The number of aromatic nitrogens is 2. The molecule has 0 bridgehead atoms. The molecule has 0 atom stereocenters. The zero-order valence-corrected chi connectivity index (χ0v) is 15.1. The summed E-state index contributed by atoms with van der Waals surface area (Å²) in [5.41, 5.74) is 3.80. The Morgan fingerprint density at radius 2 is 1.63 bits per heavy atom. The van der Waals surface area contributed by atoms with Gasteiger partial charge in [-0.1, -0.05) is 60.7 Å². The van der Waals surface area contributed by atoms with Crippen LogP contribution in [0.15, 0.2) is 72.8 Å². The maximum Gasteiger partial charge on any atom is 0.138 e. The summed E-state index contributed by atoms with van der Waals surface area (Å²) in [7, 11) is 0. The molecule has 0 radical (unpaired) electrons. The van der Waals surface area contributed by atoms with Gasteiger partial charge in [-0.15, -0.1) is 0 Å². The van der Waals surface area contributed by atoms with Crippen molar-refractivity contribution < 1.29 is 4.39 Å². The van der Waals surface area contributed by atoms with Gasteiger partial charge in [-0.05, 0) is 42.2 Å². The van der Waals surface area contributed by atoms with Gasteiger partial charge in [0.05, 0.1) is 10.9 Å². The van der Waals surface area contributed by atoms with Gasteiger partial charge >= 0.3 is 0 Å². The number of hydrogen-bond acceptors (Lipinski definition) is 3. The van der Waals surface area contributed by atoms with E-state index in [-0.39, 0.29) is 5.82 Å². The minimum absolute atomic E-state index is 0.173. The van der Waals surface area contributed by atoms with Gasteiger partial charge in [0.15, 0.2) is 0 Å². The van der Waals surface area contributed by atoms with Gasteiger partial charge in [0, 0.05) is 6.54 Å². The van der Waals surface area contributed by atoms with Gasteiger partial charge in [0.2, 0.25) is 0 Å². The molecule has 0 spiro atoms. The molecule has 134 valence electrons. The number of halogens is 1. The smallest absolute Gasteiger partial charge is 0.138 e. The summed E-state index contributed by atoms with van der Waals surface area (Å²) in [6, 6.07) is 23.2. The second-order valence-corrected chi connectivity index (χ2v) is 6.45. The number of hydrogen-bond donors (Lipinski definition) is 1. The van der Waals surface area contributed by atoms with Gasteiger partial charge in [0.25, 0.3) is 0 Å². The van der Waals surface area contributed by atoms with E-state index in [4.69, 9.17) is 0 Å². The highest BCUT2D eigenvalue weighted by Gasteiger charge is 2.12. The average molecular weight is 357 g/mol. The molecule has 1 N–H and O–H groups in total. The zero-order chi connectivity index (χ0) is 18.6. The van der Waals surface area contributed by atoms with Crippen LogP contribution in [-0.2, 0) is 6.42 Å². The Hall–Kier alpha value is -3.27. The summed E-state index contributed by atoms with van der Waals surface area (Å²) < 4.78 is 13.9. The van der Waals surface area contributed by atoms with Gasteiger partial charge < -0.3 is 5.32 Å². The fourth-order valence-corrected chi connectivity index (χ4v) is 3.30. The predicted molar refractivity (Wildman–Crippen MR) is 108 cm³/mol. The Balaban J connectivity index is 1.70. The number of fused-ring (bicyclic) bond motifs is 1. The molecule has 0 saturated carbocycles. The van der Waals surface area contributed by atoms with Crippen molar-refractivity contribution in [2.45, 2.75) is 13.3 Å². The number of benzene rings is 3. The average Bonchev–Trinajstić information content (AvgIpc) is 2.69. The summed E-state index contributed by atoms with van der Waals surface area (Å²) in [4.78, 5) is 9.22. The zero-order valence-electron chi connectivity index (χ0n) is 15.1. The number of rotatable bonds is 5. The molecule has 0 saturated heterocycles. The molecular weight excluding hydrogens is 337 g/mol. The lowest BCUT2D eigenvalue weighted by Crippen LogP contribution is -2.09. The van der Waals surface area contributed by atoms with Crippen molar-refractivity contribution in [2.24, 2.45) is 0 Å². The molecule has 4 rings (SSSR count). The van der Waals surface area contributed by atoms with E-state index >= 15 is 0 Å². The number of nitrogens with one attached hydrogen (secondary N) is 1. The minimum Gasteiger partial charge on any atom is -0.369 e. The highest BCUT2D eigenvalue weighted by atomic mass is 19.1. The fraction of sp³-hybridized carbons (Fsp3) is 0.130. The van der Waals surface area contributed by atoms with Crippen LogP contribution in [0.4, 0.5) is 10.2 Å². The van der Waals surface area contributed by atoms with Crippen molar-refractivity contribution in [2.75, 3.05) is 11.9 Å². The molecule has 0 aliphatic rings. The molecule has 1 heterocycles. The molecular formula is C23H20FN3. The third-order valence-corrected chi connectivity index (χ3v) is 4.56. The van der Waals surface area contributed by atoms with Crippen LogP contribution in [0.5, 0.6) is 0 Å². The van der Waals surface area contributed by atoms with Gasteiger partial charge in [-0.3, -0.25) is 0 Å². The topological polar surface area (TPSA) is 37.8 Å². The predicted octanol–water partition coefficient (Wildman–Crippen LogP) is 5.40. The molecule has 0 aliphatic heterocycles. The molecule has 0 fully saturated rings. The number of anilines is 1. The van der Waals surface area contributed by atoms with E-state index < -0.39 is 0 Å². The molecule has 4 aromatic rings. The van der Waals surface area contributed by atoms with Crippen LogP contribution in [0.1, 0.15) is 11.4 Å². The van der Waals surface area contributed by atoms with Crippen LogP contribution in [0.3, 0.4) is 0 Å². The first-order valence-electron chi connectivity index (χ1n) is 9.02. The molecule has 3 aromatic carbocycles. The van der Waals surface area contributed by atoms with Crippen LogP contribution in [0.25, 0.3) is 22.0 Å². The summed E-state index contributed by atoms with van der Waals surface area (Å²) in [6.45, 7) is 2.48. The Morgan fingerprint density at radius 3 is 2.44 bits per heavy atom. The Kier molecular flexibility index (Phi) is 4.79. The summed E-state index contributed by atoms with van der Waals surface area (Å²) >= 11 is 0. The molecule has 4 heteroatoms. The maximum absolute atomic E-state index is 13.9. The van der Waals surface area contributed by atoms with Crippen molar-refractivity contribution in [3.8, 4) is 11.1 Å². The second kappa shape index (κ2) is 7.54. The third kappa shape index (κ3) is 3.65. The molecule has 3 nitrogen and oxygen atoms in total. The van der Waals surface area contributed by atoms with E-state index in [1.165, 1.54) is 6.07 Å². The van der Waals surface area contributed by atoms with Crippen molar-refractivity contribution >= 4 is 16.7 Å². The lowest BCUT2D eigenvalue weighted by molar-refractivity contribution is 0.610. The Morgan fingerprint density at radius 1 is 0.852 bits per heavy atom. The van der Waals surface area contributed by atoms with E-state index in [9.17, 15) is 4.39 Å². The Bertz CT molecular complexity index is 1080. The van der Waals surface area contributed by atoms with E-state index in [2.05, 4.69) is 33.5 Å². The molecule has 0 amide bonds. The fourth-order valence-electron chi connectivity index (χ4n) is 3.30. The van der Waals surface area contributed by atoms with E-state index in [1.54, 1.807) is 6.07 Å². The first-order chi connectivity index (χ1) is 13.2. The first-order valence-corrected chi connectivity index (χ1v) is 9.02. The summed E-state index contributed by atoms with van der Waals surface area (Å²) in [5.74, 6) is 1.32. The van der Waals surface area contributed by atoms with Crippen LogP contribution in [-0.4, -0.2) is 16.5 Å². The molecule has 27 heavy (non-hydrogen) atoms. The highest BCUT2D eigenvalue weighted by Crippen LogP contribution is 2.32. The van der Waals surface area contributed by atoms with E-state index in [0.29, 0.717) is 24.4 Å². The van der Waals surface area contributed by atoms with Crippen LogP contribution in [0, 0.1) is 12.7 Å². The highest BCUT2D eigenvalue weighted by molar-refractivity contribution is 6.01. The van der Waals surface area contributed by atoms with Crippen LogP contribution in [0.2, 0.25) is 0 Å². The second-order valence-electron chi connectivity index (χ2n) is 6.45.